The van der Waals surface area contributed by atoms with Crippen LogP contribution in [0.25, 0.3) is 10.7 Å². The number of hydrogen-bond donors (Lipinski definition) is 2. The van der Waals surface area contributed by atoms with Crippen LogP contribution in [-0.2, 0) is 16.0 Å². The van der Waals surface area contributed by atoms with Crippen molar-refractivity contribution < 1.29 is 14.6 Å². The van der Waals surface area contributed by atoms with E-state index in [1.165, 1.54) is 17.5 Å². The zero-order valence-electron chi connectivity index (χ0n) is 15.8. The third-order valence-corrected chi connectivity index (χ3v) is 5.50. The van der Waals surface area contributed by atoms with Crippen LogP contribution in [0.4, 0.5) is 0 Å². The number of nitrogens with one attached hydrogen (secondary N) is 1. The number of aromatic nitrogens is 2. The topological polar surface area (TPSA) is 111 Å². The molecular weight excluding hydrogens is 378 g/mol. The highest BCUT2D eigenvalue weighted by molar-refractivity contribution is 7.13. The molecular formula is C19H23N5O3S. The Morgan fingerprint density at radius 1 is 1.46 bits per heavy atom. The predicted octanol–water partition coefficient (Wildman–Crippen LogP) is 1.47. The third kappa shape index (κ3) is 5.04. The minimum Gasteiger partial charge on any atom is -0.505 e. The SMILES string of the molecule is Cc1c(C#N)cnc(-c2nc(CC(=O)NCCCN3CCOCC3)cs2)c1O. The Morgan fingerprint density at radius 3 is 3.00 bits per heavy atom. The molecule has 2 N–H and O–H groups in total. The first-order chi connectivity index (χ1) is 13.6. The van der Waals surface area contributed by atoms with Crippen LogP contribution in [0.1, 0.15) is 23.2 Å². The van der Waals surface area contributed by atoms with Gasteiger partial charge in [0.15, 0.2) is 0 Å². The second-order valence-corrected chi connectivity index (χ2v) is 7.44. The number of carbonyl (C=O) groups is 1. The predicted molar refractivity (Wildman–Crippen MR) is 105 cm³/mol. The largest absolute Gasteiger partial charge is 0.505 e. The van der Waals surface area contributed by atoms with Crippen molar-refractivity contribution in [1.82, 2.24) is 20.2 Å². The molecule has 0 unspecified atom stereocenters. The van der Waals surface area contributed by atoms with Gasteiger partial charge in [0.2, 0.25) is 5.91 Å². The number of ether oxygens (including phenoxy) is 1. The highest BCUT2D eigenvalue weighted by Gasteiger charge is 2.16. The number of morpholine rings is 1. The summed E-state index contributed by atoms with van der Waals surface area (Å²) in [6, 6.07) is 1.99. The zero-order chi connectivity index (χ0) is 19.9. The van der Waals surface area contributed by atoms with Gasteiger partial charge in [0.05, 0.1) is 30.9 Å². The molecule has 0 saturated carbocycles. The van der Waals surface area contributed by atoms with Crippen LogP contribution in [-0.4, -0.2) is 65.3 Å². The van der Waals surface area contributed by atoms with Crippen molar-refractivity contribution in [2.45, 2.75) is 19.8 Å². The van der Waals surface area contributed by atoms with Gasteiger partial charge in [-0.3, -0.25) is 9.69 Å². The molecule has 1 aliphatic heterocycles. The van der Waals surface area contributed by atoms with Gasteiger partial charge in [0.1, 0.15) is 22.5 Å². The number of nitrogens with zero attached hydrogens (tertiary/aromatic N) is 4. The Morgan fingerprint density at radius 2 is 2.25 bits per heavy atom. The van der Waals surface area contributed by atoms with E-state index in [-0.39, 0.29) is 18.1 Å². The van der Waals surface area contributed by atoms with E-state index in [0.29, 0.717) is 34.1 Å². The molecule has 1 aliphatic rings. The number of thiazole rings is 1. The first-order valence-corrected chi connectivity index (χ1v) is 10.1. The first kappa shape index (κ1) is 20.2. The van der Waals surface area contributed by atoms with Gasteiger partial charge in [-0.1, -0.05) is 0 Å². The van der Waals surface area contributed by atoms with Crippen molar-refractivity contribution in [2.75, 3.05) is 39.4 Å². The molecule has 3 heterocycles. The summed E-state index contributed by atoms with van der Waals surface area (Å²) in [7, 11) is 0. The van der Waals surface area contributed by atoms with Gasteiger partial charge >= 0.3 is 0 Å². The third-order valence-electron chi connectivity index (χ3n) is 4.60. The maximum Gasteiger partial charge on any atom is 0.226 e. The smallest absolute Gasteiger partial charge is 0.226 e. The van der Waals surface area contributed by atoms with Gasteiger partial charge in [-0.2, -0.15) is 5.26 Å². The average molecular weight is 401 g/mol. The lowest BCUT2D eigenvalue weighted by atomic mass is 10.1. The Balaban J connectivity index is 1.50. The number of hydrogen-bond acceptors (Lipinski definition) is 8. The number of amides is 1. The monoisotopic (exact) mass is 401 g/mol. The van der Waals surface area contributed by atoms with E-state index in [2.05, 4.69) is 20.2 Å². The molecule has 0 bridgehead atoms. The fourth-order valence-corrected chi connectivity index (χ4v) is 3.76. The molecule has 3 rings (SSSR count). The Kier molecular flexibility index (Phi) is 6.92. The van der Waals surface area contributed by atoms with Gasteiger partial charge in [0, 0.05) is 36.8 Å². The van der Waals surface area contributed by atoms with Crippen LogP contribution in [0.3, 0.4) is 0 Å². The van der Waals surface area contributed by atoms with Crippen molar-refractivity contribution in [2.24, 2.45) is 0 Å². The molecule has 1 fully saturated rings. The molecule has 28 heavy (non-hydrogen) atoms. The molecule has 0 spiro atoms. The van der Waals surface area contributed by atoms with Gasteiger partial charge in [-0.05, 0) is 19.9 Å². The molecule has 8 nitrogen and oxygen atoms in total. The molecule has 1 amide bonds. The second kappa shape index (κ2) is 9.59. The molecule has 2 aromatic rings. The highest BCUT2D eigenvalue weighted by Crippen LogP contribution is 2.33. The second-order valence-electron chi connectivity index (χ2n) is 6.58. The van der Waals surface area contributed by atoms with Gasteiger partial charge < -0.3 is 15.2 Å². The lowest BCUT2D eigenvalue weighted by Crippen LogP contribution is -2.38. The van der Waals surface area contributed by atoms with Crippen LogP contribution in [0.2, 0.25) is 0 Å². The number of nitriles is 1. The summed E-state index contributed by atoms with van der Waals surface area (Å²) in [5.41, 5.74) is 1.77. The number of rotatable bonds is 7. The van der Waals surface area contributed by atoms with Crippen molar-refractivity contribution in [3.8, 4) is 22.5 Å². The summed E-state index contributed by atoms with van der Waals surface area (Å²) in [5.74, 6) is -0.125. The Hall–Kier alpha value is -2.54. The van der Waals surface area contributed by atoms with E-state index >= 15 is 0 Å². The molecule has 0 aromatic carbocycles. The highest BCUT2D eigenvalue weighted by atomic mass is 32.1. The van der Waals surface area contributed by atoms with Crippen LogP contribution in [0, 0.1) is 18.3 Å². The van der Waals surface area contributed by atoms with E-state index in [1.807, 2.05) is 6.07 Å². The fourth-order valence-electron chi connectivity index (χ4n) is 2.94. The summed E-state index contributed by atoms with van der Waals surface area (Å²) in [6.07, 6.45) is 2.51. The Bertz CT molecular complexity index is 871. The molecule has 0 radical (unpaired) electrons. The summed E-state index contributed by atoms with van der Waals surface area (Å²) in [6.45, 7) is 6.70. The summed E-state index contributed by atoms with van der Waals surface area (Å²) >= 11 is 1.31. The van der Waals surface area contributed by atoms with E-state index in [0.717, 1.165) is 39.3 Å². The molecule has 9 heteroatoms. The average Bonchev–Trinajstić information content (AvgIpc) is 3.16. The standard InChI is InChI=1S/C19H23N5O3S/c1-13-14(10-20)11-22-17(18(13)26)19-23-15(12-28-19)9-16(25)21-3-2-4-24-5-7-27-8-6-24/h11-12,26H,2-9H2,1H3,(H,21,25). The minimum absolute atomic E-state index is 0.0486. The van der Waals surface area contributed by atoms with Crippen molar-refractivity contribution in [3.63, 3.8) is 0 Å². The summed E-state index contributed by atoms with van der Waals surface area (Å²) in [5, 5.41) is 24.5. The molecule has 148 valence electrons. The van der Waals surface area contributed by atoms with Crippen LogP contribution in [0.5, 0.6) is 5.75 Å². The van der Waals surface area contributed by atoms with Crippen molar-refractivity contribution in [3.05, 3.63) is 28.4 Å². The van der Waals surface area contributed by atoms with Crippen LogP contribution < -0.4 is 5.32 Å². The quantitative estimate of drug-likeness (QED) is 0.676. The summed E-state index contributed by atoms with van der Waals surface area (Å²) in [4.78, 5) is 23.0. The van der Waals surface area contributed by atoms with Gasteiger partial charge in [-0.15, -0.1) is 11.3 Å². The van der Waals surface area contributed by atoms with E-state index in [4.69, 9.17) is 10.00 Å². The fraction of sp³-hybridized carbons (Fsp3) is 0.474. The van der Waals surface area contributed by atoms with Gasteiger partial charge in [0.25, 0.3) is 0 Å². The lowest BCUT2D eigenvalue weighted by molar-refractivity contribution is -0.120. The van der Waals surface area contributed by atoms with E-state index in [9.17, 15) is 9.90 Å². The van der Waals surface area contributed by atoms with Gasteiger partial charge in [-0.25, -0.2) is 9.97 Å². The summed E-state index contributed by atoms with van der Waals surface area (Å²) < 4.78 is 5.32. The minimum atomic E-state index is -0.0768. The molecule has 0 atom stereocenters. The van der Waals surface area contributed by atoms with Crippen LogP contribution >= 0.6 is 11.3 Å². The zero-order valence-corrected chi connectivity index (χ0v) is 16.6. The molecule has 1 saturated heterocycles. The number of carbonyl (C=O) groups excluding carboxylic acids is 1. The van der Waals surface area contributed by atoms with Crippen molar-refractivity contribution in [1.29, 1.82) is 5.26 Å². The first-order valence-electron chi connectivity index (χ1n) is 9.18. The van der Waals surface area contributed by atoms with Crippen LogP contribution in [0.15, 0.2) is 11.6 Å². The lowest BCUT2D eigenvalue weighted by Gasteiger charge is -2.26. The number of aromatic hydroxyl groups is 1. The number of pyridine rings is 1. The van der Waals surface area contributed by atoms with E-state index in [1.54, 1.807) is 12.3 Å². The maximum absolute atomic E-state index is 12.1. The van der Waals surface area contributed by atoms with Crippen molar-refractivity contribution >= 4 is 17.2 Å². The maximum atomic E-state index is 12.1. The normalized spacial score (nSPS) is 14.6. The molecule has 2 aromatic heterocycles. The molecule has 0 aliphatic carbocycles. The Labute approximate surface area is 167 Å². The van der Waals surface area contributed by atoms with E-state index < -0.39 is 0 Å².